The average Bonchev–Trinajstić information content (AvgIpc) is 2.93. The molecule has 3 rings (SSSR count). The smallest absolute Gasteiger partial charge is 0.290 e. The highest BCUT2D eigenvalue weighted by atomic mass is 19.3. The second kappa shape index (κ2) is 6.43. The van der Waals surface area contributed by atoms with Crippen LogP contribution >= 0.6 is 0 Å². The third kappa shape index (κ3) is 3.15. The fraction of sp³-hybridized carbons (Fsp3) is 0.294. The van der Waals surface area contributed by atoms with Crippen LogP contribution in [0.2, 0.25) is 0 Å². The minimum atomic E-state index is -3.21. The Morgan fingerprint density at radius 2 is 2.04 bits per heavy atom. The van der Waals surface area contributed by atoms with Gasteiger partial charge in [-0.3, -0.25) is 9.59 Å². The molecule has 5 nitrogen and oxygen atoms in total. The summed E-state index contributed by atoms with van der Waals surface area (Å²) in [4.78, 5) is 24.2. The van der Waals surface area contributed by atoms with Gasteiger partial charge in [-0.1, -0.05) is 30.3 Å². The zero-order chi connectivity index (χ0) is 17.2. The predicted molar refractivity (Wildman–Crippen MR) is 82.0 cm³/mol. The Balaban J connectivity index is 1.75. The first kappa shape index (κ1) is 16.2. The molecule has 1 aromatic carbocycles. The maximum atomic E-state index is 14.1. The van der Waals surface area contributed by atoms with Crippen LogP contribution in [0.15, 0.2) is 41.0 Å². The van der Waals surface area contributed by atoms with Crippen molar-refractivity contribution in [2.24, 2.45) is 0 Å². The molecule has 0 atom stereocenters. The zero-order valence-electron chi connectivity index (χ0n) is 12.8. The van der Waals surface area contributed by atoms with E-state index in [1.54, 1.807) is 6.07 Å². The van der Waals surface area contributed by atoms with Crippen LogP contribution in [0, 0.1) is 0 Å². The van der Waals surface area contributed by atoms with Gasteiger partial charge in [0.15, 0.2) is 0 Å². The van der Waals surface area contributed by atoms with Crippen molar-refractivity contribution < 1.29 is 22.8 Å². The molecule has 2 heterocycles. The highest BCUT2D eigenvalue weighted by molar-refractivity contribution is 6.08. The van der Waals surface area contributed by atoms with Gasteiger partial charge in [0.25, 0.3) is 17.7 Å². The Morgan fingerprint density at radius 3 is 2.79 bits per heavy atom. The van der Waals surface area contributed by atoms with E-state index in [-0.39, 0.29) is 16.7 Å². The fourth-order valence-corrected chi connectivity index (χ4v) is 2.61. The van der Waals surface area contributed by atoms with Crippen molar-refractivity contribution in [3.8, 4) is 0 Å². The van der Waals surface area contributed by atoms with E-state index >= 15 is 0 Å². The van der Waals surface area contributed by atoms with Crippen LogP contribution in [0.1, 0.15) is 38.5 Å². The molecule has 126 valence electrons. The molecule has 7 heteroatoms. The standard InChI is InChI=1S/C17H16F2N2O3/c18-17(19,11-5-2-1-3-6-11)10-21-15(22)12-9-24-13-7-4-8-20-16(23)14(12)13/h1-3,5-6,9H,4,7-8,10H2,(H,20,23)(H,21,22). The van der Waals surface area contributed by atoms with Crippen LogP contribution < -0.4 is 10.6 Å². The lowest BCUT2D eigenvalue weighted by atomic mass is 10.1. The highest BCUT2D eigenvalue weighted by Crippen LogP contribution is 2.27. The number of nitrogens with one attached hydrogen (secondary N) is 2. The zero-order valence-corrected chi connectivity index (χ0v) is 12.8. The summed E-state index contributed by atoms with van der Waals surface area (Å²) >= 11 is 0. The number of carbonyl (C=O) groups excluding carboxylic acids is 2. The lowest BCUT2D eigenvalue weighted by Gasteiger charge is -2.17. The van der Waals surface area contributed by atoms with Gasteiger partial charge >= 0.3 is 0 Å². The van der Waals surface area contributed by atoms with Gasteiger partial charge in [-0.2, -0.15) is 8.78 Å². The third-order valence-electron chi connectivity index (χ3n) is 3.87. The number of carbonyl (C=O) groups is 2. The molecule has 2 aromatic rings. The van der Waals surface area contributed by atoms with E-state index in [1.807, 2.05) is 0 Å². The Hall–Kier alpha value is -2.70. The Bertz CT molecular complexity index is 756. The number of aryl methyl sites for hydroxylation is 1. The average molecular weight is 334 g/mol. The summed E-state index contributed by atoms with van der Waals surface area (Å²) in [6.45, 7) is -0.381. The van der Waals surface area contributed by atoms with Gasteiger partial charge in [-0.15, -0.1) is 0 Å². The van der Waals surface area contributed by atoms with Crippen molar-refractivity contribution in [1.29, 1.82) is 0 Å². The van der Waals surface area contributed by atoms with Gasteiger partial charge in [-0.05, 0) is 6.42 Å². The van der Waals surface area contributed by atoms with Crippen LogP contribution in [-0.2, 0) is 12.3 Å². The van der Waals surface area contributed by atoms with Crippen LogP contribution in [0.5, 0.6) is 0 Å². The van der Waals surface area contributed by atoms with Crippen molar-refractivity contribution in [1.82, 2.24) is 10.6 Å². The quantitative estimate of drug-likeness (QED) is 0.902. The molecule has 2 N–H and O–H groups in total. The molecule has 0 aliphatic carbocycles. The number of furan rings is 1. The number of hydrogen-bond donors (Lipinski definition) is 2. The van der Waals surface area contributed by atoms with Crippen molar-refractivity contribution in [3.05, 3.63) is 59.0 Å². The number of halogens is 2. The van der Waals surface area contributed by atoms with Gasteiger partial charge in [-0.25, -0.2) is 0 Å². The Kier molecular flexibility index (Phi) is 4.33. The molecule has 0 unspecified atom stereocenters. The maximum Gasteiger partial charge on any atom is 0.290 e. The molecule has 0 radical (unpaired) electrons. The largest absolute Gasteiger partial charge is 0.468 e. The van der Waals surface area contributed by atoms with E-state index in [0.29, 0.717) is 25.1 Å². The molecule has 1 aromatic heterocycles. The molecular weight excluding hydrogens is 318 g/mol. The molecule has 1 aliphatic rings. The van der Waals surface area contributed by atoms with E-state index in [9.17, 15) is 18.4 Å². The van der Waals surface area contributed by atoms with E-state index < -0.39 is 24.3 Å². The number of hydrogen-bond acceptors (Lipinski definition) is 3. The lowest BCUT2D eigenvalue weighted by molar-refractivity contribution is -0.00248. The van der Waals surface area contributed by atoms with Crippen LogP contribution in [0.3, 0.4) is 0 Å². The molecule has 0 bridgehead atoms. The van der Waals surface area contributed by atoms with E-state index in [0.717, 1.165) is 6.26 Å². The van der Waals surface area contributed by atoms with Crippen molar-refractivity contribution in [2.75, 3.05) is 13.1 Å². The Morgan fingerprint density at radius 1 is 1.29 bits per heavy atom. The normalized spacial score (nSPS) is 14.5. The van der Waals surface area contributed by atoms with Crippen LogP contribution in [0.25, 0.3) is 0 Å². The van der Waals surface area contributed by atoms with E-state index in [1.165, 1.54) is 24.3 Å². The molecule has 1 aliphatic heterocycles. The molecule has 0 fully saturated rings. The summed E-state index contributed by atoms with van der Waals surface area (Å²) in [5, 5.41) is 4.84. The first-order valence-corrected chi connectivity index (χ1v) is 7.59. The third-order valence-corrected chi connectivity index (χ3v) is 3.87. The highest BCUT2D eigenvalue weighted by Gasteiger charge is 2.33. The minimum Gasteiger partial charge on any atom is -0.468 e. The van der Waals surface area contributed by atoms with E-state index in [2.05, 4.69) is 10.6 Å². The maximum absolute atomic E-state index is 14.1. The predicted octanol–water partition coefficient (Wildman–Crippen LogP) is 2.48. The molecule has 0 saturated carbocycles. The number of rotatable bonds is 4. The van der Waals surface area contributed by atoms with Crippen LogP contribution in [-0.4, -0.2) is 24.9 Å². The van der Waals surface area contributed by atoms with Crippen molar-refractivity contribution in [2.45, 2.75) is 18.8 Å². The Labute approximate surface area is 137 Å². The SMILES string of the molecule is O=C(NCC(F)(F)c1ccccc1)c1coc2c1C(=O)NCCC2. The number of amides is 2. The van der Waals surface area contributed by atoms with Gasteiger partial charge in [0.2, 0.25) is 0 Å². The van der Waals surface area contributed by atoms with Gasteiger partial charge in [0.05, 0.1) is 17.7 Å². The van der Waals surface area contributed by atoms with Crippen molar-refractivity contribution in [3.63, 3.8) is 0 Å². The minimum absolute atomic E-state index is 0.0201. The first-order chi connectivity index (χ1) is 11.5. The second-order valence-electron chi connectivity index (χ2n) is 5.56. The second-order valence-corrected chi connectivity index (χ2v) is 5.56. The molecule has 24 heavy (non-hydrogen) atoms. The van der Waals surface area contributed by atoms with Gasteiger partial charge in [0.1, 0.15) is 12.0 Å². The van der Waals surface area contributed by atoms with Crippen molar-refractivity contribution >= 4 is 11.8 Å². The summed E-state index contributed by atoms with van der Waals surface area (Å²) in [5.41, 5.74) is -0.0737. The van der Waals surface area contributed by atoms with Gasteiger partial charge < -0.3 is 15.1 Å². The van der Waals surface area contributed by atoms with E-state index in [4.69, 9.17) is 4.42 Å². The lowest BCUT2D eigenvalue weighted by Crippen LogP contribution is -2.36. The number of benzene rings is 1. The monoisotopic (exact) mass is 334 g/mol. The summed E-state index contributed by atoms with van der Waals surface area (Å²) in [6.07, 6.45) is 2.35. The summed E-state index contributed by atoms with van der Waals surface area (Å²) < 4.78 is 33.5. The summed E-state index contributed by atoms with van der Waals surface area (Å²) in [5.74, 6) is -3.98. The number of alkyl halides is 2. The summed E-state index contributed by atoms with van der Waals surface area (Å²) in [6, 6.07) is 7.24. The number of fused-ring (bicyclic) bond motifs is 1. The van der Waals surface area contributed by atoms with Crippen LogP contribution in [0.4, 0.5) is 8.78 Å². The van der Waals surface area contributed by atoms with Gasteiger partial charge in [0, 0.05) is 18.5 Å². The summed E-state index contributed by atoms with van der Waals surface area (Å²) in [7, 11) is 0. The first-order valence-electron chi connectivity index (χ1n) is 7.59. The molecule has 0 saturated heterocycles. The molecule has 0 spiro atoms. The topological polar surface area (TPSA) is 71.3 Å². The molecular formula is C17H16F2N2O3. The molecule has 2 amide bonds. The fourth-order valence-electron chi connectivity index (χ4n) is 2.61.